The van der Waals surface area contributed by atoms with Crippen LogP contribution >= 0.6 is 0 Å². The first kappa shape index (κ1) is 23.3. The molecule has 4 N–H and O–H groups in total. The number of hydrogen-bond acceptors (Lipinski definition) is 5. The molecule has 32 heavy (non-hydrogen) atoms. The van der Waals surface area contributed by atoms with Gasteiger partial charge in [0.2, 0.25) is 5.91 Å². The maximum Gasteiger partial charge on any atom is 0.407 e. The fourth-order valence-corrected chi connectivity index (χ4v) is 3.95. The van der Waals surface area contributed by atoms with E-state index < -0.39 is 36.2 Å². The molecule has 0 spiro atoms. The average Bonchev–Trinajstić information content (AvgIpc) is 3.09. The summed E-state index contributed by atoms with van der Waals surface area (Å²) in [4.78, 5) is 35.7. The molecule has 0 bridgehead atoms. The smallest absolute Gasteiger partial charge is 0.407 e. The van der Waals surface area contributed by atoms with Crippen LogP contribution in [0.25, 0.3) is 11.1 Å². The molecule has 0 fully saturated rings. The maximum absolute atomic E-state index is 12.4. The highest BCUT2D eigenvalue weighted by Crippen LogP contribution is 2.44. The number of hydrogen-bond donors (Lipinski definition) is 4. The molecule has 0 saturated heterocycles. The van der Waals surface area contributed by atoms with Crippen LogP contribution in [0.5, 0.6) is 0 Å². The summed E-state index contributed by atoms with van der Waals surface area (Å²) in [6, 6.07) is 14.1. The van der Waals surface area contributed by atoms with Gasteiger partial charge >= 0.3 is 12.1 Å². The first-order valence-corrected chi connectivity index (χ1v) is 10.6. The third kappa shape index (κ3) is 5.26. The second kappa shape index (κ2) is 10.3. The molecule has 2 aromatic carbocycles. The number of benzene rings is 2. The number of alkyl carbamates (subject to hydrolysis) is 1. The van der Waals surface area contributed by atoms with E-state index in [1.807, 2.05) is 36.4 Å². The number of carbonyl (C=O) groups excluding carboxylic acids is 2. The summed E-state index contributed by atoms with van der Waals surface area (Å²) in [7, 11) is 0. The van der Waals surface area contributed by atoms with Crippen LogP contribution in [0.4, 0.5) is 4.79 Å². The van der Waals surface area contributed by atoms with Gasteiger partial charge in [-0.1, -0.05) is 55.5 Å². The van der Waals surface area contributed by atoms with Crippen LogP contribution < -0.4 is 10.6 Å². The van der Waals surface area contributed by atoms with E-state index in [4.69, 9.17) is 9.84 Å². The lowest BCUT2D eigenvalue weighted by Crippen LogP contribution is -2.49. The molecule has 8 heteroatoms. The number of aliphatic hydroxyl groups excluding tert-OH is 1. The van der Waals surface area contributed by atoms with Crippen molar-refractivity contribution in [1.82, 2.24) is 10.6 Å². The summed E-state index contributed by atoms with van der Waals surface area (Å²) in [5, 5.41) is 23.5. The van der Waals surface area contributed by atoms with Gasteiger partial charge in [-0.15, -0.1) is 0 Å². The molecule has 0 radical (unpaired) electrons. The fraction of sp³-hybridized carbons (Fsp3) is 0.375. The van der Waals surface area contributed by atoms with Gasteiger partial charge in [0, 0.05) is 18.4 Å². The van der Waals surface area contributed by atoms with E-state index in [9.17, 15) is 19.5 Å². The van der Waals surface area contributed by atoms with Gasteiger partial charge in [0.15, 0.2) is 6.04 Å². The van der Waals surface area contributed by atoms with Crippen molar-refractivity contribution in [2.75, 3.05) is 6.61 Å². The van der Waals surface area contributed by atoms with Gasteiger partial charge in [0.1, 0.15) is 6.61 Å². The van der Waals surface area contributed by atoms with E-state index in [2.05, 4.69) is 22.8 Å². The Labute approximate surface area is 186 Å². The molecule has 0 heterocycles. The number of carboxylic acids is 1. The Morgan fingerprint density at radius 2 is 1.56 bits per heavy atom. The molecule has 170 valence electrons. The van der Waals surface area contributed by atoms with E-state index in [0.717, 1.165) is 22.3 Å². The Balaban J connectivity index is 1.57. The average molecular weight is 440 g/mol. The first-order chi connectivity index (χ1) is 15.3. The molecule has 8 nitrogen and oxygen atoms in total. The summed E-state index contributed by atoms with van der Waals surface area (Å²) in [6.45, 7) is 3.24. The predicted octanol–water partition coefficient (Wildman–Crippen LogP) is 2.64. The van der Waals surface area contributed by atoms with Crippen molar-refractivity contribution in [2.45, 2.75) is 50.8 Å². The molecule has 0 aliphatic heterocycles. The summed E-state index contributed by atoms with van der Waals surface area (Å²) < 4.78 is 5.50. The standard InChI is InChI=1S/C24H28N2O6/c1-3-15(12-21(28)26-22(14(2)27)23(29)30)25-24(31)32-13-20-18-10-6-4-8-16(18)17-9-5-7-11-19(17)20/h4-11,14-15,20,22,27H,3,12-13H2,1-2H3,(H,25,31)(H,26,28)(H,29,30)/t14?,15-,22?/m0/s1. The lowest BCUT2D eigenvalue weighted by Gasteiger charge is -2.21. The SMILES string of the molecule is CC[C@@H](CC(=O)NC(C(=O)O)C(C)O)NC(=O)OCC1c2ccccc2-c2ccccc21. The van der Waals surface area contributed by atoms with Crippen molar-refractivity contribution < 1.29 is 29.3 Å². The van der Waals surface area contributed by atoms with E-state index >= 15 is 0 Å². The Kier molecular flexibility index (Phi) is 7.48. The predicted molar refractivity (Wildman–Crippen MR) is 118 cm³/mol. The van der Waals surface area contributed by atoms with Crippen LogP contribution in [0.2, 0.25) is 0 Å². The van der Waals surface area contributed by atoms with Crippen molar-refractivity contribution in [3.63, 3.8) is 0 Å². The lowest BCUT2D eigenvalue weighted by atomic mass is 9.98. The lowest BCUT2D eigenvalue weighted by molar-refractivity contribution is -0.144. The molecule has 3 rings (SSSR count). The molecule has 2 unspecified atom stereocenters. The molecule has 2 amide bonds. The van der Waals surface area contributed by atoms with Gasteiger partial charge in [-0.25, -0.2) is 9.59 Å². The Morgan fingerprint density at radius 1 is 1.00 bits per heavy atom. The maximum atomic E-state index is 12.4. The van der Waals surface area contributed by atoms with Crippen molar-refractivity contribution in [3.8, 4) is 11.1 Å². The number of nitrogens with one attached hydrogen (secondary N) is 2. The zero-order valence-electron chi connectivity index (χ0n) is 18.1. The van der Waals surface area contributed by atoms with Gasteiger partial charge in [-0.3, -0.25) is 4.79 Å². The third-order valence-corrected chi connectivity index (χ3v) is 5.66. The Hall–Kier alpha value is -3.39. The molecule has 2 aromatic rings. The third-order valence-electron chi connectivity index (χ3n) is 5.66. The van der Waals surface area contributed by atoms with Crippen molar-refractivity contribution in [1.29, 1.82) is 0 Å². The molecular weight excluding hydrogens is 412 g/mol. The normalized spacial score (nSPS) is 15.1. The zero-order chi connectivity index (χ0) is 23.3. The van der Waals surface area contributed by atoms with Gasteiger partial charge in [-0.2, -0.15) is 0 Å². The summed E-state index contributed by atoms with van der Waals surface area (Å²) >= 11 is 0. The van der Waals surface area contributed by atoms with E-state index in [1.165, 1.54) is 6.92 Å². The number of aliphatic hydroxyl groups is 1. The Bertz CT molecular complexity index is 944. The van der Waals surface area contributed by atoms with Crippen LogP contribution in [0.3, 0.4) is 0 Å². The largest absolute Gasteiger partial charge is 0.480 e. The van der Waals surface area contributed by atoms with Crippen LogP contribution in [0.1, 0.15) is 43.7 Å². The fourth-order valence-electron chi connectivity index (χ4n) is 3.95. The minimum atomic E-state index is -1.41. The molecule has 0 saturated carbocycles. The highest BCUT2D eigenvalue weighted by molar-refractivity contribution is 5.84. The number of amides is 2. The van der Waals surface area contributed by atoms with Crippen LogP contribution in [0, 0.1) is 0 Å². The number of ether oxygens (including phenoxy) is 1. The number of carbonyl (C=O) groups is 3. The van der Waals surface area contributed by atoms with E-state index in [0.29, 0.717) is 6.42 Å². The second-order valence-corrected chi connectivity index (χ2v) is 7.90. The summed E-state index contributed by atoms with van der Waals surface area (Å²) in [5.74, 6) is -1.98. The minimum absolute atomic E-state index is 0.0705. The van der Waals surface area contributed by atoms with Gasteiger partial charge in [-0.05, 0) is 35.6 Å². The van der Waals surface area contributed by atoms with Gasteiger partial charge < -0.3 is 25.6 Å². The number of carboxylic acid groups (broad SMARTS) is 1. The van der Waals surface area contributed by atoms with E-state index in [1.54, 1.807) is 6.92 Å². The summed E-state index contributed by atoms with van der Waals surface area (Å²) in [5.41, 5.74) is 4.47. The Morgan fingerprint density at radius 3 is 2.06 bits per heavy atom. The van der Waals surface area contributed by atoms with Gasteiger partial charge in [0.05, 0.1) is 6.10 Å². The number of aliphatic carboxylic acids is 1. The van der Waals surface area contributed by atoms with Crippen molar-refractivity contribution in [2.24, 2.45) is 0 Å². The van der Waals surface area contributed by atoms with E-state index in [-0.39, 0.29) is 18.9 Å². The quantitative estimate of drug-likeness (QED) is 0.475. The van der Waals surface area contributed by atoms with Crippen molar-refractivity contribution >= 4 is 18.0 Å². The molecule has 3 atom stereocenters. The highest BCUT2D eigenvalue weighted by Gasteiger charge is 2.30. The monoisotopic (exact) mass is 440 g/mol. The van der Waals surface area contributed by atoms with Crippen molar-refractivity contribution in [3.05, 3.63) is 59.7 Å². The van der Waals surface area contributed by atoms with Gasteiger partial charge in [0.25, 0.3) is 0 Å². The highest BCUT2D eigenvalue weighted by atomic mass is 16.5. The van der Waals surface area contributed by atoms with Crippen LogP contribution in [0.15, 0.2) is 48.5 Å². The zero-order valence-corrected chi connectivity index (χ0v) is 18.1. The van der Waals surface area contributed by atoms with Crippen LogP contribution in [-0.2, 0) is 14.3 Å². The molecule has 1 aliphatic carbocycles. The number of fused-ring (bicyclic) bond motifs is 3. The molecule has 0 aromatic heterocycles. The molecular formula is C24H28N2O6. The second-order valence-electron chi connectivity index (χ2n) is 7.90. The summed E-state index contributed by atoms with van der Waals surface area (Å²) in [6.07, 6.45) is -1.57. The molecule has 1 aliphatic rings. The van der Waals surface area contributed by atoms with Crippen LogP contribution in [-0.4, -0.2) is 53.0 Å². The minimum Gasteiger partial charge on any atom is -0.480 e. The first-order valence-electron chi connectivity index (χ1n) is 10.6. The topological polar surface area (TPSA) is 125 Å². The number of rotatable bonds is 9.